The highest BCUT2D eigenvalue weighted by Gasteiger charge is 2.30. The molecule has 2 aromatic rings. The van der Waals surface area contributed by atoms with Crippen LogP contribution in [0, 0.1) is 0 Å². The van der Waals surface area contributed by atoms with E-state index in [2.05, 4.69) is 26.8 Å². The Balaban J connectivity index is 1.60. The number of piperidine rings is 1. The number of carbonyl (C=O) groups is 1. The maximum atomic E-state index is 14.2. The Morgan fingerprint density at radius 1 is 1.37 bits per heavy atom. The van der Waals surface area contributed by atoms with E-state index in [0.717, 1.165) is 37.1 Å². The van der Waals surface area contributed by atoms with Gasteiger partial charge in [-0.2, -0.15) is 0 Å². The van der Waals surface area contributed by atoms with Crippen molar-refractivity contribution < 1.29 is 13.9 Å². The number of nitrogens with zero attached hydrogens (tertiary/aromatic N) is 3. The van der Waals surface area contributed by atoms with Crippen molar-refractivity contribution in [3.05, 3.63) is 30.7 Å². The smallest absolute Gasteiger partial charge is 0.246 e. The Labute approximate surface area is 157 Å². The molecule has 27 heavy (non-hydrogen) atoms. The van der Waals surface area contributed by atoms with E-state index >= 15 is 0 Å². The van der Waals surface area contributed by atoms with Crippen molar-refractivity contribution in [3.63, 3.8) is 0 Å². The van der Waals surface area contributed by atoms with Crippen LogP contribution in [-0.2, 0) is 9.53 Å². The SMILES string of the molecule is C=CC(=O)N1C[C@H](F)C[C@@H](Nc2ncnc3[nH]cc(C4CCOCC4)c23)C1. The van der Waals surface area contributed by atoms with Crippen molar-refractivity contribution in [3.8, 4) is 0 Å². The van der Waals surface area contributed by atoms with E-state index < -0.39 is 6.17 Å². The number of H-pyrrole nitrogens is 1. The number of hydrogen-bond acceptors (Lipinski definition) is 5. The van der Waals surface area contributed by atoms with Gasteiger partial charge in [-0.15, -0.1) is 0 Å². The standard InChI is InChI=1S/C19H24FN5O2/c1-2-16(26)25-9-13(20)7-14(10-25)24-19-17-15(12-3-5-27-6-4-12)8-21-18(17)22-11-23-19/h2,8,11-14H,1,3-7,9-10H2,(H2,21,22,23,24)/t13-,14-/m1/s1. The summed E-state index contributed by atoms with van der Waals surface area (Å²) in [6, 6.07) is -0.215. The number of carbonyl (C=O) groups excluding carboxylic acids is 1. The van der Waals surface area contributed by atoms with Crippen LogP contribution < -0.4 is 5.32 Å². The number of aromatic nitrogens is 3. The van der Waals surface area contributed by atoms with Gasteiger partial charge in [0.1, 0.15) is 24.0 Å². The zero-order chi connectivity index (χ0) is 18.8. The van der Waals surface area contributed by atoms with Crippen molar-refractivity contribution >= 4 is 22.8 Å². The number of halogens is 1. The molecule has 8 heteroatoms. The van der Waals surface area contributed by atoms with Crippen LogP contribution in [0.3, 0.4) is 0 Å². The van der Waals surface area contributed by atoms with Gasteiger partial charge < -0.3 is 19.9 Å². The highest BCUT2D eigenvalue weighted by molar-refractivity contribution is 5.91. The third kappa shape index (κ3) is 3.66. The maximum Gasteiger partial charge on any atom is 0.246 e. The Kier molecular flexibility index (Phi) is 5.07. The maximum absolute atomic E-state index is 14.2. The molecule has 2 atom stereocenters. The van der Waals surface area contributed by atoms with Gasteiger partial charge in [0, 0.05) is 38.4 Å². The zero-order valence-corrected chi connectivity index (χ0v) is 15.2. The molecule has 0 saturated carbocycles. The van der Waals surface area contributed by atoms with Crippen LogP contribution in [0.4, 0.5) is 10.2 Å². The molecule has 2 aliphatic rings. The molecule has 2 fully saturated rings. The Hall–Kier alpha value is -2.48. The number of ether oxygens (including phenoxy) is 1. The molecular formula is C19H24FN5O2. The fraction of sp³-hybridized carbons (Fsp3) is 0.526. The van der Waals surface area contributed by atoms with Gasteiger partial charge in [0.05, 0.1) is 11.9 Å². The largest absolute Gasteiger partial charge is 0.381 e. The van der Waals surface area contributed by atoms with Crippen molar-refractivity contribution in [2.24, 2.45) is 0 Å². The number of fused-ring (bicyclic) bond motifs is 1. The van der Waals surface area contributed by atoms with Gasteiger partial charge in [-0.05, 0) is 30.4 Å². The molecule has 0 aromatic carbocycles. The topological polar surface area (TPSA) is 83.1 Å². The molecule has 2 aliphatic heterocycles. The van der Waals surface area contributed by atoms with Crippen LogP contribution >= 0.6 is 0 Å². The van der Waals surface area contributed by atoms with E-state index in [9.17, 15) is 9.18 Å². The average Bonchev–Trinajstić information content (AvgIpc) is 3.13. The van der Waals surface area contributed by atoms with E-state index in [-0.39, 0.29) is 18.5 Å². The molecule has 2 saturated heterocycles. The fourth-order valence-electron chi connectivity index (χ4n) is 4.07. The monoisotopic (exact) mass is 373 g/mol. The minimum absolute atomic E-state index is 0.111. The number of aromatic amines is 1. The normalized spacial score (nSPS) is 24.1. The Morgan fingerprint density at radius 2 is 2.19 bits per heavy atom. The minimum atomic E-state index is -1.07. The highest BCUT2D eigenvalue weighted by atomic mass is 19.1. The second-order valence-corrected chi connectivity index (χ2v) is 7.20. The van der Waals surface area contributed by atoms with E-state index in [1.807, 2.05) is 6.20 Å². The zero-order valence-electron chi connectivity index (χ0n) is 15.2. The molecule has 4 rings (SSSR count). The molecule has 0 bridgehead atoms. The summed E-state index contributed by atoms with van der Waals surface area (Å²) in [6.45, 7) is 5.53. The molecule has 0 unspecified atom stereocenters. The van der Waals surface area contributed by atoms with Crippen molar-refractivity contribution in [2.75, 3.05) is 31.6 Å². The van der Waals surface area contributed by atoms with E-state index in [0.29, 0.717) is 24.7 Å². The first kappa shape index (κ1) is 17.9. The van der Waals surface area contributed by atoms with Crippen LogP contribution in [0.15, 0.2) is 25.2 Å². The first-order valence-electron chi connectivity index (χ1n) is 9.37. The van der Waals surface area contributed by atoms with Gasteiger partial charge in [-0.25, -0.2) is 14.4 Å². The minimum Gasteiger partial charge on any atom is -0.381 e. The van der Waals surface area contributed by atoms with Gasteiger partial charge in [-0.1, -0.05) is 6.58 Å². The molecule has 0 aliphatic carbocycles. The number of alkyl halides is 1. The summed E-state index contributed by atoms with van der Waals surface area (Å²) in [5, 5.41) is 4.31. The van der Waals surface area contributed by atoms with Crippen molar-refractivity contribution in [1.29, 1.82) is 0 Å². The first-order chi connectivity index (χ1) is 13.2. The fourth-order valence-corrected chi connectivity index (χ4v) is 4.07. The summed E-state index contributed by atoms with van der Waals surface area (Å²) < 4.78 is 19.7. The lowest BCUT2D eigenvalue weighted by molar-refractivity contribution is -0.128. The Bertz CT molecular complexity index is 833. The molecule has 0 radical (unpaired) electrons. The predicted molar refractivity (Wildman–Crippen MR) is 100 cm³/mol. The molecule has 2 N–H and O–H groups in total. The third-order valence-electron chi connectivity index (χ3n) is 5.39. The van der Waals surface area contributed by atoms with Gasteiger partial charge in [0.2, 0.25) is 5.91 Å². The summed E-state index contributed by atoms with van der Waals surface area (Å²) in [4.78, 5) is 25.4. The van der Waals surface area contributed by atoms with Crippen LogP contribution in [0.25, 0.3) is 11.0 Å². The van der Waals surface area contributed by atoms with Gasteiger partial charge in [0.15, 0.2) is 0 Å². The number of anilines is 1. The second-order valence-electron chi connectivity index (χ2n) is 7.20. The van der Waals surface area contributed by atoms with E-state index in [1.165, 1.54) is 22.9 Å². The molecule has 144 valence electrons. The number of hydrogen-bond donors (Lipinski definition) is 2. The van der Waals surface area contributed by atoms with Gasteiger partial charge in [0.25, 0.3) is 0 Å². The second kappa shape index (κ2) is 7.64. The van der Waals surface area contributed by atoms with Crippen LogP contribution in [0.2, 0.25) is 0 Å². The molecule has 1 amide bonds. The van der Waals surface area contributed by atoms with Crippen LogP contribution in [0.5, 0.6) is 0 Å². The van der Waals surface area contributed by atoms with Crippen molar-refractivity contribution in [2.45, 2.75) is 37.4 Å². The molecule has 2 aromatic heterocycles. The lowest BCUT2D eigenvalue weighted by atomic mass is 9.92. The molecule has 7 nitrogen and oxygen atoms in total. The lowest BCUT2D eigenvalue weighted by Crippen LogP contribution is -2.49. The summed E-state index contributed by atoms with van der Waals surface area (Å²) in [5.74, 6) is 0.826. The average molecular weight is 373 g/mol. The summed E-state index contributed by atoms with van der Waals surface area (Å²) >= 11 is 0. The van der Waals surface area contributed by atoms with Crippen molar-refractivity contribution in [1.82, 2.24) is 19.9 Å². The summed E-state index contributed by atoms with van der Waals surface area (Å²) in [5.41, 5.74) is 1.93. The number of amides is 1. The van der Waals surface area contributed by atoms with Crippen LogP contribution in [-0.4, -0.2) is 64.3 Å². The van der Waals surface area contributed by atoms with Gasteiger partial charge >= 0.3 is 0 Å². The predicted octanol–water partition coefficient (Wildman–Crippen LogP) is 2.39. The molecule has 4 heterocycles. The third-order valence-corrected chi connectivity index (χ3v) is 5.39. The van der Waals surface area contributed by atoms with Gasteiger partial charge in [-0.3, -0.25) is 4.79 Å². The number of likely N-dealkylation sites (tertiary alicyclic amines) is 1. The van der Waals surface area contributed by atoms with Crippen LogP contribution in [0.1, 0.15) is 30.7 Å². The van der Waals surface area contributed by atoms with E-state index in [1.54, 1.807) is 0 Å². The first-order valence-corrected chi connectivity index (χ1v) is 9.37. The number of rotatable bonds is 4. The van der Waals surface area contributed by atoms with E-state index in [4.69, 9.17) is 4.74 Å². The summed E-state index contributed by atoms with van der Waals surface area (Å²) in [7, 11) is 0. The number of nitrogens with one attached hydrogen (secondary N) is 2. The lowest BCUT2D eigenvalue weighted by Gasteiger charge is -2.35. The molecular weight excluding hydrogens is 349 g/mol. The Morgan fingerprint density at radius 3 is 2.96 bits per heavy atom. The highest BCUT2D eigenvalue weighted by Crippen LogP contribution is 2.35. The molecule has 0 spiro atoms. The quantitative estimate of drug-likeness (QED) is 0.804. The summed E-state index contributed by atoms with van der Waals surface area (Å²) in [6.07, 6.45) is 5.90.